The Balaban J connectivity index is 1.06. The van der Waals surface area contributed by atoms with Crippen LogP contribution in [0.5, 0.6) is 0 Å². The molecule has 2 aliphatic carbocycles. The van der Waals surface area contributed by atoms with Crippen LogP contribution in [0.1, 0.15) is 103 Å². The second kappa shape index (κ2) is 18.7. The zero-order chi connectivity index (χ0) is 43.6. The number of carbonyl (C=O) groups excluding carboxylic acids is 2. The lowest BCUT2D eigenvalue weighted by Crippen LogP contribution is -2.30. The number of carbonyl (C=O) groups is 2. The highest BCUT2D eigenvalue weighted by Gasteiger charge is 2.45. The Morgan fingerprint density at radius 3 is 1.92 bits per heavy atom. The highest BCUT2D eigenvalue weighted by molar-refractivity contribution is 7.16. The van der Waals surface area contributed by atoms with E-state index in [1.807, 2.05) is 17.4 Å². The van der Waals surface area contributed by atoms with Crippen LogP contribution in [0.2, 0.25) is 0 Å². The number of allylic oxidation sites excluding steroid dienone is 6. The van der Waals surface area contributed by atoms with Crippen molar-refractivity contribution in [3.8, 4) is 20.9 Å². The first-order chi connectivity index (χ1) is 29.0. The quantitative estimate of drug-likeness (QED) is 0.0597. The molecule has 2 bridgehead atoms. The van der Waals surface area contributed by atoms with Crippen LogP contribution < -0.4 is 0 Å². The third-order valence-electron chi connectivity index (χ3n) is 12.0. The minimum atomic E-state index is -0.241. The molecule has 5 aromatic rings. The molecule has 4 nitrogen and oxygen atoms in total. The Hall–Kier alpha value is -4.08. The summed E-state index contributed by atoms with van der Waals surface area (Å²) in [5, 5.41) is 0. The highest BCUT2D eigenvalue weighted by Crippen LogP contribution is 2.48. The van der Waals surface area contributed by atoms with Gasteiger partial charge in [0.05, 0.1) is 26.1 Å². The van der Waals surface area contributed by atoms with Crippen molar-refractivity contribution in [1.29, 1.82) is 0 Å². The Morgan fingerprint density at radius 1 is 0.721 bits per heavy atom. The fourth-order valence-electron chi connectivity index (χ4n) is 8.58. The number of rotatable bonds is 15. The molecule has 2 aliphatic rings. The first-order valence-electron chi connectivity index (χ1n) is 21.5. The Labute approximate surface area is 379 Å². The van der Waals surface area contributed by atoms with E-state index in [0.717, 1.165) is 49.6 Å². The molecule has 0 N–H and O–H groups in total. The Morgan fingerprint density at radius 2 is 1.33 bits per heavy atom. The molecule has 7 rings (SSSR count). The van der Waals surface area contributed by atoms with Crippen LogP contribution >= 0.6 is 45.3 Å². The fourth-order valence-corrected chi connectivity index (χ4v) is 12.6. The third kappa shape index (κ3) is 10.8. The summed E-state index contributed by atoms with van der Waals surface area (Å²) in [7, 11) is 0. The maximum absolute atomic E-state index is 13.9. The average molecular weight is 889 g/mol. The fraction of sp³-hybridized carbons (Fsp3) is 0.396. The maximum Gasteiger partial charge on any atom is 0.310 e. The summed E-state index contributed by atoms with van der Waals surface area (Å²) in [4.78, 5) is 37.6. The van der Waals surface area contributed by atoms with Gasteiger partial charge in [-0.3, -0.25) is 9.59 Å². The van der Waals surface area contributed by atoms with Gasteiger partial charge >= 0.3 is 11.9 Å². The van der Waals surface area contributed by atoms with E-state index in [9.17, 15) is 9.59 Å². The van der Waals surface area contributed by atoms with Crippen molar-refractivity contribution in [2.24, 2.45) is 23.7 Å². The molecule has 4 heterocycles. The molecule has 0 aliphatic heterocycles. The minimum Gasteiger partial charge on any atom is -0.465 e. The van der Waals surface area contributed by atoms with Crippen molar-refractivity contribution >= 4 is 68.4 Å². The van der Waals surface area contributed by atoms with E-state index in [1.54, 1.807) is 34.0 Å². The molecule has 0 saturated heterocycles. The number of hydrogen-bond donors (Lipinski definition) is 0. The van der Waals surface area contributed by atoms with Crippen molar-refractivity contribution < 1.29 is 19.1 Å². The van der Waals surface area contributed by atoms with Crippen LogP contribution in [-0.2, 0) is 36.3 Å². The summed E-state index contributed by atoms with van der Waals surface area (Å²) in [6.07, 6.45) is 10.6. The molecule has 0 amide bonds. The van der Waals surface area contributed by atoms with Gasteiger partial charge in [-0.1, -0.05) is 78.0 Å². The lowest BCUT2D eigenvalue weighted by molar-refractivity contribution is -0.149. The summed E-state index contributed by atoms with van der Waals surface area (Å²) in [5.41, 5.74) is 6.48. The van der Waals surface area contributed by atoms with Gasteiger partial charge in [0.1, 0.15) is 0 Å². The standard InChI is InChI=1S/C53H60O4S4/c1-11-12-40(46-20-14-34(4)59-46)38(25-32(2)44-21-23-48(60-44)52(5,6)7)28-50(54)56-30-42-35-15-16-36(26-35)43(42)31-57-51(55)29-39-27-37(45-19-13-33(3)58-45)17-18-41(39)47-22-24-49(61-47)53(8,9)10/h11,13-25,27,35-36,42-43H,1,12,26,28-31H2,2-10H3/b32-25+,40-38-. The number of fused-ring (bicyclic) bond motifs is 2. The summed E-state index contributed by atoms with van der Waals surface area (Å²) in [6.45, 7) is 24.5. The molecule has 320 valence electrons. The van der Waals surface area contributed by atoms with Gasteiger partial charge in [0.25, 0.3) is 0 Å². The van der Waals surface area contributed by atoms with Crippen molar-refractivity contribution in [3.05, 3.63) is 138 Å². The topological polar surface area (TPSA) is 52.6 Å². The first-order valence-corrected chi connectivity index (χ1v) is 24.7. The molecule has 4 aromatic heterocycles. The highest BCUT2D eigenvalue weighted by atomic mass is 32.1. The minimum absolute atomic E-state index is 0.0459. The zero-order valence-electron chi connectivity index (χ0n) is 37.2. The molecule has 1 aromatic carbocycles. The van der Waals surface area contributed by atoms with Gasteiger partial charge in [-0.15, -0.1) is 51.9 Å². The van der Waals surface area contributed by atoms with Gasteiger partial charge in [-0.2, -0.15) is 0 Å². The molecule has 8 heteroatoms. The maximum atomic E-state index is 13.9. The molecule has 0 spiro atoms. The first kappa shape index (κ1) is 45.0. The van der Waals surface area contributed by atoms with Gasteiger partial charge in [0.2, 0.25) is 0 Å². The number of benzene rings is 1. The molecule has 1 fully saturated rings. The lowest BCUT2D eigenvalue weighted by atomic mass is 9.84. The van der Waals surface area contributed by atoms with E-state index in [1.165, 1.54) is 29.3 Å². The van der Waals surface area contributed by atoms with E-state index in [2.05, 4.69) is 154 Å². The van der Waals surface area contributed by atoms with Crippen LogP contribution in [-0.4, -0.2) is 25.2 Å². The normalized spacial score (nSPS) is 19.3. The zero-order valence-corrected chi connectivity index (χ0v) is 40.5. The number of ether oxygens (including phenoxy) is 2. The van der Waals surface area contributed by atoms with Gasteiger partial charge in [-0.25, -0.2) is 0 Å². The molecule has 0 radical (unpaired) electrons. The van der Waals surface area contributed by atoms with E-state index < -0.39 is 0 Å². The predicted octanol–water partition coefficient (Wildman–Crippen LogP) is 15.1. The smallest absolute Gasteiger partial charge is 0.310 e. The third-order valence-corrected chi connectivity index (χ3v) is 17.3. The summed E-state index contributed by atoms with van der Waals surface area (Å²) >= 11 is 7.11. The number of thiophene rings is 4. The van der Waals surface area contributed by atoms with Crippen LogP contribution in [0.3, 0.4) is 0 Å². The van der Waals surface area contributed by atoms with Gasteiger partial charge in [-0.05, 0) is 144 Å². The molecular weight excluding hydrogens is 829 g/mol. The van der Waals surface area contributed by atoms with Crippen LogP contribution in [0.4, 0.5) is 0 Å². The largest absolute Gasteiger partial charge is 0.465 e. The second-order valence-corrected chi connectivity index (χ2v) is 23.6. The average Bonchev–Trinajstić information content (AvgIpc) is 4.06. The summed E-state index contributed by atoms with van der Waals surface area (Å²) < 4.78 is 12.4. The number of esters is 2. The van der Waals surface area contributed by atoms with Gasteiger partial charge in [0.15, 0.2) is 0 Å². The van der Waals surface area contributed by atoms with E-state index in [0.29, 0.717) is 31.5 Å². The number of hydrogen-bond acceptors (Lipinski definition) is 8. The van der Waals surface area contributed by atoms with E-state index >= 15 is 0 Å². The number of aryl methyl sites for hydroxylation is 2. The van der Waals surface area contributed by atoms with E-state index in [4.69, 9.17) is 9.47 Å². The van der Waals surface area contributed by atoms with Crippen molar-refractivity contribution in [2.45, 2.75) is 98.8 Å². The van der Waals surface area contributed by atoms with Crippen molar-refractivity contribution in [1.82, 2.24) is 0 Å². The summed E-state index contributed by atoms with van der Waals surface area (Å²) in [6, 6.07) is 23.9. The van der Waals surface area contributed by atoms with Crippen molar-refractivity contribution in [2.75, 3.05) is 13.2 Å². The lowest BCUT2D eigenvalue weighted by Gasteiger charge is -2.27. The molecule has 4 unspecified atom stereocenters. The SMILES string of the molecule is C=CC/C(=C(\C=C(/C)c1ccc(C(C)(C)C)s1)CC(=O)OCC1C2C=CC(C2)C1COC(=O)Cc1cc(-c2ccc(C)s2)ccc1-c1ccc(C(C)(C)C)s1)c1ccc(C)s1. The molecule has 61 heavy (non-hydrogen) atoms. The molecule has 4 atom stereocenters. The van der Waals surface area contributed by atoms with Crippen molar-refractivity contribution in [3.63, 3.8) is 0 Å². The monoisotopic (exact) mass is 888 g/mol. The predicted molar refractivity (Wildman–Crippen MR) is 262 cm³/mol. The Bertz CT molecular complexity index is 2480. The Kier molecular flexibility index (Phi) is 13.8. The van der Waals surface area contributed by atoms with Gasteiger partial charge < -0.3 is 9.47 Å². The van der Waals surface area contributed by atoms with Crippen LogP contribution in [0.25, 0.3) is 32.0 Å². The summed E-state index contributed by atoms with van der Waals surface area (Å²) in [5.74, 6) is 0.315. The van der Waals surface area contributed by atoms with Crippen LogP contribution in [0.15, 0.2) is 103 Å². The van der Waals surface area contributed by atoms with Gasteiger partial charge in [0, 0.05) is 50.9 Å². The molecular formula is C53H60O4S4. The van der Waals surface area contributed by atoms with E-state index in [-0.39, 0.29) is 47.4 Å². The second-order valence-electron chi connectivity index (χ2n) is 18.8. The molecule has 1 saturated carbocycles. The van der Waals surface area contributed by atoms with Crippen LogP contribution in [0, 0.1) is 37.5 Å².